The third-order valence-electron chi connectivity index (χ3n) is 4.76. The minimum Gasteiger partial charge on any atom is -0.457 e. The first kappa shape index (κ1) is 19.7. The topological polar surface area (TPSA) is 104 Å². The van der Waals surface area contributed by atoms with Gasteiger partial charge in [0.05, 0.1) is 11.9 Å². The summed E-state index contributed by atoms with van der Waals surface area (Å²) in [5.41, 5.74) is 12.5. The summed E-state index contributed by atoms with van der Waals surface area (Å²) in [5.74, 6) is 0.460. The normalized spacial score (nSPS) is 15.8. The van der Waals surface area contributed by atoms with Gasteiger partial charge in [0.2, 0.25) is 5.88 Å². The van der Waals surface area contributed by atoms with E-state index in [2.05, 4.69) is 9.88 Å². The Bertz CT molecular complexity index is 1060. The standard InChI is InChI=1S/C22H21FN4O3/c23-14-2-1-3-19(10-14)29-17-4-6-18(7-5-17)30-22-20(21(25)28)11-16(12-26-22)27-9-8-15(24)13-27/h1-7,10-12,15H,8-9,13,24H2,(H2,25,28). The van der Waals surface area contributed by atoms with Crippen LogP contribution in [0.15, 0.2) is 60.8 Å². The second kappa shape index (κ2) is 8.38. The van der Waals surface area contributed by atoms with Crippen LogP contribution in [0.3, 0.4) is 0 Å². The number of carbonyl (C=O) groups is 1. The molecular weight excluding hydrogens is 387 g/mol. The summed E-state index contributed by atoms with van der Waals surface area (Å²) in [4.78, 5) is 18.3. The molecule has 154 valence electrons. The van der Waals surface area contributed by atoms with Crippen LogP contribution in [0.1, 0.15) is 16.8 Å². The van der Waals surface area contributed by atoms with Crippen LogP contribution in [-0.4, -0.2) is 30.0 Å². The van der Waals surface area contributed by atoms with Crippen molar-refractivity contribution in [1.29, 1.82) is 0 Å². The average molecular weight is 408 g/mol. The van der Waals surface area contributed by atoms with E-state index in [0.29, 0.717) is 23.8 Å². The number of carbonyl (C=O) groups excluding carboxylic acids is 1. The molecule has 1 aliphatic heterocycles. The smallest absolute Gasteiger partial charge is 0.254 e. The Morgan fingerprint density at radius 3 is 2.43 bits per heavy atom. The maximum Gasteiger partial charge on any atom is 0.254 e. The highest BCUT2D eigenvalue weighted by Crippen LogP contribution is 2.30. The summed E-state index contributed by atoms with van der Waals surface area (Å²) in [5, 5.41) is 0. The summed E-state index contributed by atoms with van der Waals surface area (Å²) in [6.45, 7) is 1.50. The van der Waals surface area contributed by atoms with Crippen molar-refractivity contribution in [3.8, 4) is 23.1 Å². The van der Waals surface area contributed by atoms with Gasteiger partial charge in [0.1, 0.15) is 28.6 Å². The van der Waals surface area contributed by atoms with Crippen LogP contribution < -0.4 is 25.8 Å². The molecule has 2 heterocycles. The van der Waals surface area contributed by atoms with Gasteiger partial charge in [-0.25, -0.2) is 9.37 Å². The van der Waals surface area contributed by atoms with Crippen LogP contribution in [0, 0.1) is 5.82 Å². The molecule has 0 radical (unpaired) electrons. The molecule has 7 nitrogen and oxygen atoms in total. The molecular formula is C22H21FN4O3. The number of pyridine rings is 1. The maximum atomic E-state index is 13.3. The van der Waals surface area contributed by atoms with Gasteiger partial charge in [-0.3, -0.25) is 4.79 Å². The van der Waals surface area contributed by atoms with Crippen LogP contribution in [0.2, 0.25) is 0 Å². The lowest BCUT2D eigenvalue weighted by molar-refractivity contribution is 0.0997. The highest BCUT2D eigenvalue weighted by Gasteiger charge is 2.22. The average Bonchev–Trinajstić information content (AvgIpc) is 3.16. The molecule has 0 spiro atoms. The molecule has 1 unspecified atom stereocenters. The molecule has 0 saturated carbocycles. The van der Waals surface area contributed by atoms with Crippen molar-refractivity contribution in [3.05, 3.63) is 72.2 Å². The molecule has 2 aromatic carbocycles. The Labute approximate surface area is 173 Å². The van der Waals surface area contributed by atoms with Crippen molar-refractivity contribution >= 4 is 11.6 Å². The fourth-order valence-corrected chi connectivity index (χ4v) is 3.25. The number of rotatable bonds is 6. The molecule has 0 aliphatic carbocycles. The molecule has 1 amide bonds. The predicted molar refractivity (Wildman–Crippen MR) is 111 cm³/mol. The van der Waals surface area contributed by atoms with E-state index < -0.39 is 5.91 Å². The van der Waals surface area contributed by atoms with E-state index in [1.165, 1.54) is 12.1 Å². The fraction of sp³-hybridized carbons (Fsp3) is 0.182. The molecule has 3 aromatic rings. The zero-order chi connectivity index (χ0) is 21.1. The fourth-order valence-electron chi connectivity index (χ4n) is 3.25. The van der Waals surface area contributed by atoms with Crippen molar-refractivity contribution in [2.24, 2.45) is 11.5 Å². The number of hydrogen-bond donors (Lipinski definition) is 2. The third-order valence-corrected chi connectivity index (χ3v) is 4.76. The Morgan fingerprint density at radius 2 is 1.80 bits per heavy atom. The van der Waals surface area contributed by atoms with Gasteiger partial charge in [-0.1, -0.05) is 6.07 Å². The van der Waals surface area contributed by atoms with Crippen LogP contribution in [0.4, 0.5) is 10.1 Å². The Hall–Kier alpha value is -3.65. The summed E-state index contributed by atoms with van der Waals surface area (Å²) in [6, 6.07) is 14.3. The highest BCUT2D eigenvalue weighted by atomic mass is 19.1. The number of benzene rings is 2. The van der Waals surface area contributed by atoms with Crippen LogP contribution in [0.5, 0.6) is 23.1 Å². The molecule has 1 saturated heterocycles. The summed E-state index contributed by atoms with van der Waals surface area (Å²) in [7, 11) is 0. The molecule has 1 aromatic heterocycles. The van der Waals surface area contributed by atoms with Gasteiger partial charge in [0.15, 0.2) is 0 Å². The monoisotopic (exact) mass is 408 g/mol. The quantitative estimate of drug-likeness (QED) is 0.648. The van der Waals surface area contributed by atoms with Crippen molar-refractivity contribution in [2.75, 3.05) is 18.0 Å². The van der Waals surface area contributed by atoms with Gasteiger partial charge in [0, 0.05) is 25.2 Å². The largest absolute Gasteiger partial charge is 0.457 e. The lowest BCUT2D eigenvalue weighted by Crippen LogP contribution is -2.26. The second-order valence-corrected chi connectivity index (χ2v) is 7.04. The number of anilines is 1. The van der Waals surface area contributed by atoms with Gasteiger partial charge in [-0.05, 0) is 48.9 Å². The van der Waals surface area contributed by atoms with E-state index in [9.17, 15) is 9.18 Å². The lowest BCUT2D eigenvalue weighted by Gasteiger charge is -2.19. The first-order chi connectivity index (χ1) is 14.5. The van der Waals surface area contributed by atoms with Gasteiger partial charge in [-0.15, -0.1) is 0 Å². The molecule has 4 rings (SSSR count). The van der Waals surface area contributed by atoms with Crippen LogP contribution in [0.25, 0.3) is 0 Å². The zero-order valence-corrected chi connectivity index (χ0v) is 16.1. The SMILES string of the molecule is NC(=O)c1cc(N2CCC(N)C2)cnc1Oc1ccc(Oc2cccc(F)c2)cc1. The summed E-state index contributed by atoms with van der Waals surface area (Å²) >= 11 is 0. The lowest BCUT2D eigenvalue weighted by atomic mass is 10.2. The molecule has 0 bridgehead atoms. The molecule has 1 atom stereocenters. The van der Waals surface area contributed by atoms with Crippen molar-refractivity contribution < 1.29 is 18.7 Å². The van der Waals surface area contributed by atoms with Gasteiger partial charge in [0.25, 0.3) is 5.91 Å². The molecule has 8 heteroatoms. The Morgan fingerprint density at radius 1 is 1.07 bits per heavy atom. The number of nitrogens with two attached hydrogens (primary N) is 2. The molecule has 4 N–H and O–H groups in total. The van der Waals surface area contributed by atoms with Crippen molar-refractivity contribution in [2.45, 2.75) is 12.5 Å². The number of hydrogen-bond acceptors (Lipinski definition) is 6. The van der Waals surface area contributed by atoms with Gasteiger partial charge < -0.3 is 25.8 Å². The molecule has 30 heavy (non-hydrogen) atoms. The van der Waals surface area contributed by atoms with Crippen molar-refractivity contribution in [1.82, 2.24) is 4.98 Å². The number of amides is 1. The predicted octanol–water partition coefficient (Wildman–Crippen LogP) is 3.44. The van der Waals surface area contributed by atoms with Gasteiger partial charge >= 0.3 is 0 Å². The number of ether oxygens (including phenoxy) is 2. The van der Waals surface area contributed by atoms with E-state index in [1.807, 2.05) is 0 Å². The van der Waals surface area contributed by atoms with Crippen molar-refractivity contribution in [3.63, 3.8) is 0 Å². The van der Waals surface area contributed by atoms with Crippen LogP contribution >= 0.6 is 0 Å². The highest BCUT2D eigenvalue weighted by molar-refractivity contribution is 5.96. The van der Waals surface area contributed by atoms with Crippen LogP contribution in [-0.2, 0) is 0 Å². The number of primary amides is 1. The first-order valence-corrected chi connectivity index (χ1v) is 9.49. The zero-order valence-electron chi connectivity index (χ0n) is 16.1. The third kappa shape index (κ3) is 4.49. The minimum absolute atomic E-state index is 0.103. The van der Waals surface area contributed by atoms with E-state index in [-0.39, 0.29) is 23.3 Å². The molecule has 1 fully saturated rings. The first-order valence-electron chi connectivity index (χ1n) is 9.49. The summed E-state index contributed by atoms with van der Waals surface area (Å²) in [6.07, 6.45) is 2.52. The van der Waals surface area contributed by atoms with E-state index in [1.54, 1.807) is 48.7 Å². The number of halogens is 1. The number of aromatic nitrogens is 1. The minimum atomic E-state index is -0.631. The number of nitrogens with zero attached hydrogens (tertiary/aromatic N) is 2. The molecule has 1 aliphatic rings. The van der Waals surface area contributed by atoms with Gasteiger partial charge in [-0.2, -0.15) is 0 Å². The summed E-state index contributed by atoms with van der Waals surface area (Å²) < 4.78 is 24.6. The van der Waals surface area contributed by atoms with E-state index in [4.69, 9.17) is 20.9 Å². The van der Waals surface area contributed by atoms with E-state index >= 15 is 0 Å². The second-order valence-electron chi connectivity index (χ2n) is 7.04. The van der Waals surface area contributed by atoms with E-state index in [0.717, 1.165) is 18.7 Å². The Balaban J connectivity index is 1.50. The Kier molecular flexibility index (Phi) is 5.49. The maximum absolute atomic E-state index is 13.3.